The number of carboxylic acid groups (broad SMARTS) is 1. The van der Waals surface area contributed by atoms with Crippen molar-refractivity contribution >= 4 is 23.8 Å². The number of aromatic hydroxyl groups is 1. The molecule has 0 saturated carbocycles. The molecule has 1 aromatic carbocycles. The van der Waals surface area contributed by atoms with E-state index >= 15 is 0 Å². The predicted octanol–water partition coefficient (Wildman–Crippen LogP) is -0.347. The Morgan fingerprint density at radius 2 is 1.64 bits per heavy atom. The summed E-state index contributed by atoms with van der Waals surface area (Å²) in [7, 11) is 0. The van der Waals surface area contributed by atoms with Crippen molar-refractivity contribution < 1.29 is 34.1 Å². The third-order valence-corrected chi connectivity index (χ3v) is 3.35. The van der Waals surface area contributed by atoms with Gasteiger partial charge in [0.1, 0.15) is 24.4 Å². The topological polar surface area (TPSA) is 147 Å². The number of phenolic OH excluding ortho intramolecular Hbond substituents is 1. The van der Waals surface area contributed by atoms with Crippen LogP contribution in [0.2, 0.25) is 0 Å². The Morgan fingerprint density at radius 1 is 1.12 bits per heavy atom. The predicted molar refractivity (Wildman–Crippen MR) is 85.4 cm³/mol. The van der Waals surface area contributed by atoms with Crippen LogP contribution in [0.3, 0.4) is 0 Å². The first-order chi connectivity index (χ1) is 11.6. The van der Waals surface area contributed by atoms with Crippen LogP contribution in [0.1, 0.15) is 19.4 Å². The second kappa shape index (κ2) is 8.78. The van der Waals surface area contributed by atoms with Crippen LogP contribution in [0.4, 0.5) is 0 Å². The first-order valence-corrected chi connectivity index (χ1v) is 7.36. The summed E-state index contributed by atoms with van der Waals surface area (Å²) in [5.74, 6) is -3.59. The maximum Gasteiger partial charge on any atom is 0.329 e. The van der Waals surface area contributed by atoms with E-state index in [9.17, 15) is 24.3 Å². The molecule has 0 fully saturated rings. The number of aliphatic carboxylic acids is 1. The molecule has 9 nitrogen and oxygen atoms in total. The van der Waals surface area contributed by atoms with Crippen molar-refractivity contribution in [3.05, 3.63) is 29.8 Å². The molecule has 0 unspecified atom stereocenters. The molecule has 4 N–H and O–H groups in total. The zero-order chi connectivity index (χ0) is 19.1. The van der Waals surface area contributed by atoms with Gasteiger partial charge in [-0.2, -0.15) is 0 Å². The molecule has 0 aliphatic carbocycles. The van der Waals surface area contributed by atoms with Gasteiger partial charge in [0.25, 0.3) is 0 Å². The third kappa shape index (κ3) is 5.88. The number of carboxylic acids is 1. The van der Waals surface area contributed by atoms with Crippen LogP contribution in [-0.2, 0) is 30.3 Å². The van der Waals surface area contributed by atoms with E-state index in [2.05, 4.69) is 0 Å². The first kappa shape index (κ1) is 20.1. The van der Waals surface area contributed by atoms with Crippen LogP contribution in [0.25, 0.3) is 0 Å². The van der Waals surface area contributed by atoms with Crippen LogP contribution in [-0.4, -0.2) is 57.6 Å². The summed E-state index contributed by atoms with van der Waals surface area (Å²) in [6, 6.07) is 3.14. The molecule has 0 aliphatic rings. The van der Waals surface area contributed by atoms with Crippen LogP contribution in [0.5, 0.6) is 5.75 Å². The number of amides is 2. The minimum Gasteiger partial charge on any atom is -0.508 e. The molecule has 0 heterocycles. The SMILES string of the molecule is CC(=O)N(C(C)=O)[C@@H](Cc1ccc(O)cc1)C(=O)OC[C@H](N)C(=O)O. The zero-order valence-corrected chi connectivity index (χ0v) is 13.8. The summed E-state index contributed by atoms with van der Waals surface area (Å²) in [4.78, 5) is 47.3. The van der Waals surface area contributed by atoms with Gasteiger partial charge in [-0.15, -0.1) is 0 Å². The van der Waals surface area contributed by atoms with Crippen molar-refractivity contribution in [1.29, 1.82) is 0 Å². The second-order valence-electron chi connectivity index (χ2n) is 5.37. The Labute approximate surface area is 144 Å². The lowest BCUT2D eigenvalue weighted by Gasteiger charge is -2.27. The van der Waals surface area contributed by atoms with Gasteiger partial charge in [0.05, 0.1) is 0 Å². The molecule has 0 aromatic heterocycles. The van der Waals surface area contributed by atoms with Crippen LogP contribution < -0.4 is 5.73 Å². The van der Waals surface area contributed by atoms with Gasteiger partial charge in [-0.05, 0) is 17.7 Å². The molecule has 2 atom stereocenters. The van der Waals surface area contributed by atoms with Gasteiger partial charge in [0.15, 0.2) is 0 Å². The van der Waals surface area contributed by atoms with Crippen LogP contribution >= 0.6 is 0 Å². The van der Waals surface area contributed by atoms with E-state index in [-0.39, 0.29) is 12.2 Å². The molecule has 0 saturated heterocycles. The molecule has 0 bridgehead atoms. The number of nitrogens with zero attached hydrogens (tertiary/aromatic N) is 1. The van der Waals surface area contributed by atoms with Gasteiger partial charge in [0.2, 0.25) is 11.8 Å². The summed E-state index contributed by atoms with van der Waals surface area (Å²) in [6.45, 7) is 1.66. The molecule has 0 aliphatic heterocycles. The summed E-state index contributed by atoms with van der Waals surface area (Å²) < 4.78 is 4.86. The van der Waals surface area contributed by atoms with Gasteiger partial charge in [0, 0.05) is 20.3 Å². The standard InChI is InChI=1S/C16H20N2O7/c1-9(19)18(10(2)20)14(7-11-3-5-12(21)6-4-11)16(24)25-8-13(17)15(22)23/h3-6,13-14,21H,7-8,17H2,1-2H3,(H,22,23)/t13-,14-/m0/s1. The quantitative estimate of drug-likeness (QED) is 0.564. The average Bonchev–Trinajstić information content (AvgIpc) is 2.52. The minimum atomic E-state index is -1.42. The highest BCUT2D eigenvalue weighted by Gasteiger charge is 2.33. The highest BCUT2D eigenvalue weighted by molar-refractivity contribution is 5.97. The van der Waals surface area contributed by atoms with E-state index in [1.54, 1.807) is 0 Å². The summed E-state index contributed by atoms with van der Waals surface area (Å²) in [6.07, 6.45) is -0.0550. The minimum absolute atomic E-state index is 0.0188. The summed E-state index contributed by atoms with van der Waals surface area (Å²) in [5, 5.41) is 18.0. The average molecular weight is 352 g/mol. The van der Waals surface area contributed by atoms with E-state index < -0.39 is 42.4 Å². The number of carbonyl (C=O) groups is 4. The number of phenols is 1. The summed E-state index contributed by atoms with van der Waals surface area (Å²) in [5.41, 5.74) is 5.84. The fraction of sp³-hybridized carbons (Fsp3) is 0.375. The largest absolute Gasteiger partial charge is 0.508 e. The molecule has 2 amide bonds. The molecular formula is C16H20N2O7. The lowest BCUT2D eigenvalue weighted by molar-refractivity contribution is -0.161. The van der Waals surface area contributed by atoms with Gasteiger partial charge < -0.3 is 20.7 Å². The number of ether oxygens (including phenoxy) is 1. The number of benzene rings is 1. The molecule has 1 rings (SSSR count). The second-order valence-corrected chi connectivity index (χ2v) is 5.37. The van der Waals surface area contributed by atoms with Crippen molar-refractivity contribution in [2.75, 3.05) is 6.61 Å². The van der Waals surface area contributed by atoms with E-state index in [4.69, 9.17) is 15.6 Å². The molecule has 0 radical (unpaired) electrons. The van der Waals surface area contributed by atoms with Gasteiger partial charge in [-0.25, -0.2) is 4.79 Å². The normalized spacial score (nSPS) is 12.8. The number of nitrogens with two attached hydrogens (primary N) is 1. The van der Waals surface area contributed by atoms with E-state index in [1.807, 2.05) is 0 Å². The fourth-order valence-corrected chi connectivity index (χ4v) is 2.14. The molecule has 136 valence electrons. The number of hydrogen-bond donors (Lipinski definition) is 3. The molecule has 9 heteroatoms. The number of esters is 1. The molecular weight excluding hydrogens is 332 g/mol. The molecule has 25 heavy (non-hydrogen) atoms. The molecule has 0 spiro atoms. The Balaban J connectivity index is 3.02. The van der Waals surface area contributed by atoms with Crippen molar-refractivity contribution in [1.82, 2.24) is 4.90 Å². The van der Waals surface area contributed by atoms with Crippen LogP contribution in [0, 0.1) is 0 Å². The van der Waals surface area contributed by atoms with E-state index in [0.29, 0.717) is 5.56 Å². The first-order valence-electron chi connectivity index (χ1n) is 7.36. The number of carbonyl (C=O) groups excluding carboxylic acids is 3. The number of imide groups is 1. The van der Waals surface area contributed by atoms with Crippen molar-refractivity contribution in [3.8, 4) is 5.75 Å². The number of hydrogen-bond acceptors (Lipinski definition) is 7. The van der Waals surface area contributed by atoms with Crippen LogP contribution in [0.15, 0.2) is 24.3 Å². The highest BCUT2D eigenvalue weighted by Crippen LogP contribution is 2.15. The van der Waals surface area contributed by atoms with Crippen molar-refractivity contribution in [2.45, 2.75) is 32.4 Å². The lowest BCUT2D eigenvalue weighted by atomic mass is 10.0. The zero-order valence-electron chi connectivity index (χ0n) is 13.8. The Hall–Kier alpha value is -2.94. The van der Waals surface area contributed by atoms with Crippen molar-refractivity contribution in [3.63, 3.8) is 0 Å². The van der Waals surface area contributed by atoms with Gasteiger partial charge in [-0.1, -0.05) is 12.1 Å². The molecule has 1 aromatic rings. The Kier molecular flexibility index (Phi) is 7.06. The highest BCUT2D eigenvalue weighted by atomic mass is 16.5. The number of rotatable bonds is 7. The summed E-state index contributed by atoms with van der Waals surface area (Å²) >= 11 is 0. The maximum absolute atomic E-state index is 12.3. The lowest BCUT2D eigenvalue weighted by Crippen LogP contribution is -2.49. The van der Waals surface area contributed by atoms with Gasteiger partial charge in [-0.3, -0.25) is 19.3 Å². The third-order valence-electron chi connectivity index (χ3n) is 3.35. The van der Waals surface area contributed by atoms with Gasteiger partial charge >= 0.3 is 11.9 Å². The maximum atomic E-state index is 12.3. The van der Waals surface area contributed by atoms with E-state index in [1.165, 1.54) is 24.3 Å². The fourth-order valence-electron chi connectivity index (χ4n) is 2.14. The van der Waals surface area contributed by atoms with Crippen molar-refractivity contribution in [2.24, 2.45) is 5.73 Å². The Bertz CT molecular complexity index is 643. The Morgan fingerprint density at radius 3 is 2.08 bits per heavy atom. The van der Waals surface area contributed by atoms with E-state index in [0.717, 1.165) is 18.7 Å². The monoisotopic (exact) mass is 352 g/mol. The smallest absolute Gasteiger partial charge is 0.329 e.